The number of hydrogen-bond donors (Lipinski definition) is 0. The van der Waals surface area contributed by atoms with Gasteiger partial charge in [-0.05, 0) is 24.5 Å². The molecular weight excluding hydrogens is 391 g/mol. The summed E-state index contributed by atoms with van der Waals surface area (Å²) < 4.78 is 71.6. The van der Waals surface area contributed by atoms with E-state index in [9.17, 15) is 13.2 Å². The van der Waals surface area contributed by atoms with Gasteiger partial charge in [0, 0.05) is 28.0 Å². The molecule has 0 aliphatic heterocycles. The van der Waals surface area contributed by atoms with Crippen molar-refractivity contribution in [3.8, 4) is 12.1 Å². The monoisotopic (exact) mass is 398 g/mol. The van der Waals surface area contributed by atoms with Gasteiger partial charge in [0.2, 0.25) is 0 Å². The Bertz CT molecular complexity index is 1310. The summed E-state index contributed by atoms with van der Waals surface area (Å²) in [5.41, 5.74) is -3.99. The molecule has 0 N–H and O–H groups in total. The van der Waals surface area contributed by atoms with Gasteiger partial charge in [0.1, 0.15) is 42.5 Å². The molecule has 0 saturated carbocycles. The topological polar surface area (TPSA) is 56.3 Å². The standard InChI is InChI=1S/C20H7F5N4/c1-8-10(19(28-2)29-3)4-12-14(8)17(21)13-5-11(9(6-26)7-27)16(20(23,24)25)15(13)18(12)22/h4-5H2,1H3. The van der Waals surface area contributed by atoms with Gasteiger partial charge in [-0.15, -0.1) is 0 Å². The van der Waals surface area contributed by atoms with Crippen molar-refractivity contribution in [2.24, 2.45) is 0 Å². The maximum Gasteiger partial charge on any atom is 0.523 e. The number of benzene rings is 1. The number of halogens is 5. The molecule has 0 amide bonds. The van der Waals surface area contributed by atoms with Gasteiger partial charge in [0.15, 0.2) is 0 Å². The average Bonchev–Trinajstić information content (AvgIpc) is 3.22. The molecule has 1 aromatic carbocycles. The minimum absolute atomic E-state index is 0.0607. The second-order valence-corrected chi connectivity index (χ2v) is 6.29. The molecule has 29 heavy (non-hydrogen) atoms. The lowest BCUT2D eigenvalue weighted by molar-refractivity contribution is -0.0696. The smallest absolute Gasteiger partial charge is 0.206 e. The largest absolute Gasteiger partial charge is 0.523 e. The van der Waals surface area contributed by atoms with Crippen LogP contribution in [0.1, 0.15) is 18.1 Å². The molecule has 1 aromatic rings. The van der Waals surface area contributed by atoms with Crippen LogP contribution in [0.5, 0.6) is 0 Å². The lowest BCUT2D eigenvalue weighted by Gasteiger charge is -2.10. The average molecular weight is 398 g/mol. The molecule has 2 aliphatic carbocycles. The molecule has 0 radical (unpaired) electrons. The number of nitrogens with zero attached hydrogens (tertiary/aromatic N) is 4. The van der Waals surface area contributed by atoms with Crippen molar-refractivity contribution in [3.05, 3.63) is 78.6 Å². The van der Waals surface area contributed by atoms with Crippen LogP contribution in [0.25, 0.3) is 20.8 Å². The number of alkyl halides is 3. The van der Waals surface area contributed by atoms with Crippen LogP contribution in [0.4, 0.5) is 22.0 Å². The Morgan fingerprint density at radius 3 is 1.90 bits per heavy atom. The van der Waals surface area contributed by atoms with Gasteiger partial charge in [-0.25, -0.2) is 8.78 Å². The highest BCUT2D eigenvalue weighted by atomic mass is 19.4. The Hall–Kier alpha value is -3.95. The van der Waals surface area contributed by atoms with E-state index in [0.717, 1.165) is 0 Å². The van der Waals surface area contributed by atoms with Crippen molar-refractivity contribution < 1.29 is 22.0 Å². The molecule has 0 atom stereocenters. The molecule has 0 fully saturated rings. The van der Waals surface area contributed by atoms with Crippen molar-refractivity contribution in [2.45, 2.75) is 25.9 Å². The molecule has 142 valence electrons. The van der Waals surface area contributed by atoms with Crippen LogP contribution in [-0.4, -0.2) is 6.18 Å². The van der Waals surface area contributed by atoms with Gasteiger partial charge < -0.3 is 0 Å². The first kappa shape index (κ1) is 19.8. The number of hydrogen-bond acceptors (Lipinski definition) is 2. The molecule has 0 saturated heterocycles. The molecule has 0 unspecified atom stereocenters. The Morgan fingerprint density at radius 1 is 0.931 bits per heavy atom. The minimum atomic E-state index is -5.13. The fraction of sp³-hybridized carbons (Fsp3) is 0.200. The van der Waals surface area contributed by atoms with E-state index in [-0.39, 0.29) is 21.9 Å². The van der Waals surface area contributed by atoms with E-state index in [1.807, 2.05) is 0 Å². The van der Waals surface area contributed by atoms with E-state index >= 15 is 8.78 Å². The van der Waals surface area contributed by atoms with Crippen molar-refractivity contribution in [1.82, 2.24) is 0 Å². The third-order valence-electron chi connectivity index (χ3n) is 4.95. The Morgan fingerprint density at radius 2 is 1.41 bits per heavy atom. The lowest BCUT2D eigenvalue weighted by atomic mass is 10.0. The number of rotatable bonds is 0. The summed E-state index contributed by atoms with van der Waals surface area (Å²) in [6.07, 6.45) is -6.29. The van der Waals surface area contributed by atoms with Gasteiger partial charge in [-0.1, -0.05) is 0 Å². The van der Waals surface area contributed by atoms with E-state index in [1.54, 1.807) is 0 Å². The van der Waals surface area contributed by atoms with Crippen LogP contribution in [0.2, 0.25) is 0 Å². The van der Waals surface area contributed by atoms with E-state index in [0.29, 0.717) is 0 Å². The van der Waals surface area contributed by atoms with E-state index in [4.69, 9.17) is 23.7 Å². The number of allylic oxidation sites excluding steroid dienone is 3. The summed E-state index contributed by atoms with van der Waals surface area (Å²) in [4.78, 5) is 6.03. The lowest BCUT2D eigenvalue weighted by Crippen LogP contribution is -2.29. The van der Waals surface area contributed by atoms with Gasteiger partial charge >= 0.3 is 12.0 Å². The molecule has 0 bridgehead atoms. The predicted octanol–water partition coefficient (Wildman–Crippen LogP) is 3.35. The highest BCUT2D eigenvalue weighted by molar-refractivity contribution is 5.80. The molecule has 9 heteroatoms. The van der Waals surface area contributed by atoms with Crippen molar-refractivity contribution in [1.29, 1.82) is 10.5 Å². The van der Waals surface area contributed by atoms with Gasteiger partial charge in [0.05, 0.1) is 11.1 Å². The normalized spacial score (nSPS) is 14.6. The first-order valence-electron chi connectivity index (χ1n) is 7.95. The Kier molecular flexibility index (Phi) is 4.50. The maximum atomic E-state index is 15.2. The van der Waals surface area contributed by atoms with E-state index in [1.165, 1.54) is 19.1 Å². The molecule has 3 rings (SSSR count). The highest BCUT2D eigenvalue weighted by Gasteiger charge is 2.44. The second kappa shape index (κ2) is 6.59. The predicted molar refractivity (Wildman–Crippen MR) is 90.0 cm³/mol. The SMILES string of the molecule is [C-]#[N+]C([N+]#[C-])=C1Cc2c(F)c3c(c(F)c2=C1C)CC(=C(C#N)C#N)C=3C(F)(F)F. The van der Waals surface area contributed by atoms with Crippen molar-refractivity contribution >= 4 is 11.1 Å². The molecular formula is C20H7F5N4. The van der Waals surface area contributed by atoms with Gasteiger partial charge in [0.25, 0.3) is 0 Å². The summed E-state index contributed by atoms with van der Waals surface area (Å²) in [6, 6.07) is 2.69. The maximum absolute atomic E-state index is 15.2. The molecule has 0 heterocycles. The molecule has 4 nitrogen and oxygen atoms in total. The first-order valence-corrected chi connectivity index (χ1v) is 7.95. The van der Waals surface area contributed by atoms with Gasteiger partial charge in [-0.3, -0.25) is 0 Å². The Balaban J connectivity index is 2.56. The molecule has 2 aliphatic rings. The number of fused-ring (bicyclic) bond motifs is 2. The third-order valence-corrected chi connectivity index (χ3v) is 4.95. The fourth-order valence-electron chi connectivity index (χ4n) is 3.74. The van der Waals surface area contributed by atoms with E-state index in [2.05, 4.69) is 9.69 Å². The zero-order valence-electron chi connectivity index (χ0n) is 14.6. The second-order valence-electron chi connectivity index (χ2n) is 6.29. The highest BCUT2D eigenvalue weighted by Crippen LogP contribution is 2.39. The van der Waals surface area contributed by atoms with Crippen LogP contribution >= 0.6 is 0 Å². The van der Waals surface area contributed by atoms with Crippen LogP contribution < -0.4 is 10.4 Å². The van der Waals surface area contributed by atoms with Crippen LogP contribution in [0.3, 0.4) is 0 Å². The quantitative estimate of drug-likeness (QED) is 0.382. The molecule has 0 aromatic heterocycles. The molecule has 0 spiro atoms. The van der Waals surface area contributed by atoms with Crippen molar-refractivity contribution in [2.75, 3.05) is 0 Å². The summed E-state index contributed by atoms with van der Waals surface area (Å²) in [7, 11) is 0. The summed E-state index contributed by atoms with van der Waals surface area (Å²) in [6.45, 7) is 15.4. The summed E-state index contributed by atoms with van der Waals surface area (Å²) in [5, 5.41) is 16.7. The zero-order chi connectivity index (χ0) is 21.7. The van der Waals surface area contributed by atoms with E-state index < -0.39 is 64.0 Å². The van der Waals surface area contributed by atoms with Crippen LogP contribution in [0.15, 0.2) is 22.5 Å². The Labute approximate surface area is 161 Å². The minimum Gasteiger partial charge on any atom is -0.206 e. The fourth-order valence-corrected chi connectivity index (χ4v) is 3.74. The summed E-state index contributed by atoms with van der Waals surface area (Å²) in [5.74, 6) is -2.84. The van der Waals surface area contributed by atoms with Gasteiger partial charge in [-0.2, -0.15) is 33.4 Å². The third kappa shape index (κ3) is 2.68. The zero-order valence-corrected chi connectivity index (χ0v) is 14.6. The first-order chi connectivity index (χ1) is 13.6. The van der Waals surface area contributed by atoms with Crippen LogP contribution in [-0.2, 0) is 12.8 Å². The summed E-state index contributed by atoms with van der Waals surface area (Å²) >= 11 is 0. The van der Waals surface area contributed by atoms with Crippen molar-refractivity contribution in [3.63, 3.8) is 0 Å². The van der Waals surface area contributed by atoms with Crippen LogP contribution in [0, 0.1) is 47.4 Å². The number of nitriles is 2.